The largest absolute Gasteiger partial charge is 0.388 e. The Balaban J connectivity index is 2.56. The number of amides is 2. The molecule has 2 amide bonds. The number of likely N-dealkylation sites (tertiary alicyclic amines) is 1. The van der Waals surface area contributed by atoms with Crippen molar-refractivity contribution in [2.75, 3.05) is 13.1 Å². The molecule has 0 saturated carbocycles. The van der Waals surface area contributed by atoms with E-state index in [-0.39, 0.29) is 18.9 Å². The maximum atomic E-state index is 11.8. The summed E-state index contributed by atoms with van der Waals surface area (Å²) in [6.07, 6.45) is 1.25. The van der Waals surface area contributed by atoms with E-state index in [1.807, 2.05) is 0 Å². The van der Waals surface area contributed by atoms with Crippen molar-refractivity contribution in [3.8, 4) is 0 Å². The first kappa shape index (κ1) is 12.9. The van der Waals surface area contributed by atoms with Crippen molar-refractivity contribution in [2.24, 2.45) is 11.5 Å². The molecule has 1 rings (SSSR count). The van der Waals surface area contributed by atoms with E-state index < -0.39 is 17.6 Å². The lowest BCUT2D eigenvalue weighted by Crippen LogP contribution is -2.53. The number of carbonyl (C=O) groups excluding carboxylic acids is 2. The van der Waals surface area contributed by atoms with Gasteiger partial charge in [-0.25, -0.2) is 0 Å². The Morgan fingerprint density at radius 1 is 1.56 bits per heavy atom. The smallest absolute Gasteiger partial charge is 0.240 e. The van der Waals surface area contributed by atoms with Gasteiger partial charge in [0, 0.05) is 13.1 Å². The lowest BCUT2D eigenvalue weighted by molar-refractivity contribution is -0.140. The highest BCUT2D eigenvalue weighted by Gasteiger charge is 2.33. The zero-order valence-electron chi connectivity index (χ0n) is 9.48. The molecule has 2 unspecified atom stereocenters. The zero-order chi connectivity index (χ0) is 12.3. The molecule has 1 aliphatic rings. The zero-order valence-corrected chi connectivity index (χ0v) is 9.48. The molecule has 16 heavy (non-hydrogen) atoms. The molecule has 0 bridgehead atoms. The molecule has 0 aliphatic carbocycles. The van der Waals surface area contributed by atoms with Gasteiger partial charge in [-0.1, -0.05) is 0 Å². The third kappa shape index (κ3) is 3.46. The number of hydrogen-bond acceptors (Lipinski definition) is 4. The monoisotopic (exact) mass is 229 g/mol. The second-order valence-corrected chi connectivity index (χ2v) is 4.64. The van der Waals surface area contributed by atoms with Gasteiger partial charge in [0.2, 0.25) is 11.8 Å². The number of nitrogens with two attached hydrogens (primary N) is 2. The molecule has 6 heteroatoms. The molecule has 5 N–H and O–H groups in total. The summed E-state index contributed by atoms with van der Waals surface area (Å²) in [7, 11) is 0. The van der Waals surface area contributed by atoms with Crippen LogP contribution in [0.2, 0.25) is 0 Å². The number of nitrogens with zero attached hydrogens (tertiary/aromatic N) is 1. The number of rotatable bonds is 3. The van der Waals surface area contributed by atoms with Crippen LogP contribution in [0.4, 0.5) is 0 Å². The molecule has 1 aliphatic heterocycles. The van der Waals surface area contributed by atoms with E-state index in [1.54, 1.807) is 6.92 Å². The van der Waals surface area contributed by atoms with Crippen LogP contribution in [0.1, 0.15) is 26.2 Å². The second-order valence-electron chi connectivity index (χ2n) is 4.64. The van der Waals surface area contributed by atoms with Gasteiger partial charge < -0.3 is 21.5 Å². The van der Waals surface area contributed by atoms with Gasteiger partial charge in [-0.05, 0) is 19.8 Å². The molecule has 1 heterocycles. The van der Waals surface area contributed by atoms with Crippen LogP contribution in [0.5, 0.6) is 0 Å². The third-order valence-electron chi connectivity index (χ3n) is 2.72. The van der Waals surface area contributed by atoms with Gasteiger partial charge in [-0.2, -0.15) is 0 Å². The van der Waals surface area contributed by atoms with Crippen molar-refractivity contribution >= 4 is 11.8 Å². The van der Waals surface area contributed by atoms with E-state index in [1.165, 1.54) is 4.90 Å². The van der Waals surface area contributed by atoms with Gasteiger partial charge >= 0.3 is 0 Å². The standard InChI is InChI=1S/C10H19N3O3/c1-10(16)3-2-4-13(6-10)9(15)7(11)5-8(12)14/h7,16H,2-6,11H2,1H3,(H2,12,14). The number of primary amides is 1. The number of hydrogen-bond donors (Lipinski definition) is 3. The quantitative estimate of drug-likeness (QED) is 0.550. The highest BCUT2D eigenvalue weighted by Crippen LogP contribution is 2.20. The fourth-order valence-corrected chi connectivity index (χ4v) is 1.95. The Labute approximate surface area is 94.6 Å². The third-order valence-corrected chi connectivity index (χ3v) is 2.72. The Morgan fingerprint density at radius 2 is 2.19 bits per heavy atom. The SMILES string of the molecule is CC1(O)CCCN(C(=O)C(N)CC(N)=O)C1. The van der Waals surface area contributed by atoms with Crippen LogP contribution in [0.3, 0.4) is 0 Å². The number of β-amino-alcohol motifs (C(OH)–C–C–N with tert-alkyl or cyclic N) is 1. The Bertz CT molecular complexity index is 291. The van der Waals surface area contributed by atoms with Crippen molar-refractivity contribution < 1.29 is 14.7 Å². The van der Waals surface area contributed by atoms with Crippen molar-refractivity contribution in [3.63, 3.8) is 0 Å². The maximum absolute atomic E-state index is 11.8. The Kier molecular flexibility index (Phi) is 3.88. The van der Waals surface area contributed by atoms with Gasteiger partial charge in [0.15, 0.2) is 0 Å². The molecule has 0 spiro atoms. The highest BCUT2D eigenvalue weighted by molar-refractivity contribution is 5.87. The van der Waals surface area contributed by atoms with E-state index in [4.69, 9.17) is 11.5 Å². The molecular weight excluding hydrogens is 210 g/mol. The fraction of sp³-hybridized carbons (Fsp3) is 0.800. The molecular formula is C10H19N3O3. The van der Waals surface area contributed by atoms with Crippen LogP contribution in [0.25, 0.3) is 0 Å². The maximum Gasteiger partial charge on any atom is 0.240 e. The molecule has 0 aromatic rings. The topological polar surface area (TPSA) is 110 Å². The highest BCUT2D eigenvalue weighted by atomic mass is 16.3. The Morgan fingerprint density at radius 3 is 2.69 bits per heavy atom. The minimum atomic E-state index is -0.897. The van der Waals surface area contributed by atoms with E-state index >= 15 is 0 Å². The average molecular weight is 229 g/mol. The van der Waals surface area contributed by atoms with Gasteiger partial charge in [0.05, 0.1) is 18.1 Å². The molecule has 2 atom stereocenters. The van der Waals surface area contributed by atoms with Gasteiger partial charge in [0.25, 0.3) is 0 Å². The summed E-state index contributed by atoms with van der Waals surface area (Å²) in [4.78, 5) is 23.9. The van der Waals surface area contributed by atoms with Gasteiger partial charge in [-0.15, -0.1) is 0 Å². The van der Waals surface area contributed by atoms with Crippen molar-refractivity contribution in [2.45, 2.75) is 37.8 Å². The molecule has 6 nitrogen and oxygen atoms in total. The van der Waals surface area contributed by atoms with Gasteiger partial charge in [0.1, 0.15) is 0 Å². The predicted octanol–water partition coefficient (Wildman–Crippen LogP) is -1.44. The van der Waals surface area contributed by atoms with Crippen LogP contribution < -0.4 is 11.5 Å². The van der Waals surface area contributed by atoms with Crippen LogP contribution in [0.15, 0.2) is 0 Å². The lowest BCUT2D eigenvalue weighted by atomic mass is 9.94. The first-order chi connectivity index (χ1) is 7.32. The van der Waals surface area contributed by atoms with E-state index in [2.05, 4.69) is 0 Å². The summed E-state index contributed by atoms with van der Waals surface area (Å²) < 4.78 is 0. The molecule has 0 aromatic carbocycles. The molecule has 1 saturated heterocycles. The van der Waals surface area contributed by atoms with E-state index in [0.29, 0.717) is 13.0 Å². The minimum Gasteiger partial charge on any atom is -0.388 e. The fourth-order valence-electron chi connectivity index (χ4n) is 1.95. The minimum absolute atomic E-state index is 0.155. The molecule has 0 radical (unpaired) electrons. The van der Waals surface area contributed by atoms with Crippen molar-refractivity contribution in [3.05, 3.63) is 0 Å². The summed E-state index contributed by atoms with van der Waals surface area (Å²) in [6, 6.07) is -0.897. The predicted molar refractivity (Wildman–Crippen MR) is 58.2 cm³/mol. The molecule has 0 aromatic heterocycles. The second kappa shape index (κ2) is 4.80. The number of piperidine rings is 1. The van der Waals surface area contributed by atoms with E-state index in [9.17, 15) is 14.7 Å². The van der Waals surface area contributed by atoms with Crippen LogP contribution in [0, 0.1) is 0 Å². The summed E-state index contributed by atoms with van der Waals surface area (Å²) in [5, 5.41) is 9.83. The number of aliphatic hydroxyl groups is 1. The van der Waals surface area contributed by atoms with Crippen molar-refractivity contribution in [1.29, 1.82) is 0 Å². The molecule has 1 fully saturated rings. The van der Waals surface area contributed by atoms with E-state index in [0.717, 1.165) is 6.42 Å². The lowest BCUT2D eigenvalue weighted by Gasteiger charge is -2.37. The number of carbonyl (C=O) groups is 2. The average Bonchev–Trinajstić information content (AvgIpc) is 2.13. The summed E-state index contributed by atoms with van der Waals surface area (Å²) in [5.74, 6) is -0.914. The Hall–Kier alpha value is -1.14. The summed E-state index contributed by atoms with van der Waals surface area (Å²) in [5.41, 5.74) is 9.68. The first-order valence-electron chi connectivity index (χ1n) is 5.37. The van der Waals surface area contributed by atoms with Gasteiger partial charge in [-0.3, -0.25) is 9.59 Å². The molecule has 92 valence electrons. The van der Waals surface area contributed by atoms with Crippen molar-refractivity contribution in [1.82, 2.24) is 4.90 Å². The summed E-state index contributed by atoms with van der Waals surface area (Å²) in [6.45, 7) is 2.52. The van der Waals surface area contributed by atoms with Crippen LogP contribution >= 0.6 is 0 Å². The van der Waals surface area contributed by atoms with Crippen LogP contribution in [-0.4, -0.2) is 46.6 Å². The van der Waals surface area contributed by atoms with Crippen LogP contribution in [-0.2, 0) is 9.59 Å². The summed E-state index contributed by atoms with van der Waals surface area (Å²) >= 11 is 0. The normalized spacial score (nSPS) is 27.6. The first-order valence-corrected chi connectivity index (χ1v) is 5.37.